The summed E-state index contributed by atoms with van der Waals surface area (Å²) in [5, 5.41) is 13.7. The number of halogens is 1. The van der Waals surface area contributed by atoms with Crippen molar-refractivity contribution in [2.24, 2.45) is 4.99 Å². The number of carbonyl (C=O) groups excluding carboxylic acids is 1. The van der Waals surface area contributed by atoms with Crippen LogP contribution in [0.2, 0.25) is 5.02 Å². The number of hydrogen-bond acceptors (Lipinski definition) is 6. The molecule has 1 N–H and O–H groups in total. The van der Waals surface area contributed by atoms with Gasteiger partial charge in [-0.15, -0.1) is 0 Å². The zero-order valence-electron chi connectivity index (χ0n) is 17.2. The van der Waals surface area contributed by atoms with Crippen molar-refractivity contribution in [3.05, 3.63) is 87.4 Å². The van der Waals surface area contributed by atoms with E-state index in [1.54, 1.807) is 42.6 Å². The van der Waals surface area contributed by atoms with Crippen LogP contribution in [0.25, 0.3) is 0 Å². The van der Waals surface area contributed by atoms with E-state index in [-0.39, 0.29) is 29.0 Å². The van der Waals surface area contributed by atoms with Gasteiger partial charge in [-0.05, 0) is 48.9 Å². The van der Waals surface area contributed by atoms with Gasteiger partial charge in [-0.25, -0.2) is 0 Å². The van der Waals surface area contributed by atoms with Crippen molar-refractivity contribution in [1.82, 2.24) is 0 Å². The predicted molar refractivity (Wildman–Crippen MR) is 124 cm³/mol. The van der Waals surface area contributed by atoms with Crippen LogP contribution >= 0.6 is 11.6 Å². The quantitative estimate of drug-likeness (QED) is 0.265. The number of nitro groups is 1. The summed E-state index contributed by atoms with van der Waals surface area (Å²) in [5.41, 5.74) is 1.83. The first-order valence-corrected chi connectivity index (χ1v) is 10.1. The lowest BCUT2D eigenvalue weighted by molar-refractivity contribution is -0.384. The fourth-order valence-corrected chi connectivity index (χ4v) is 3.00. The Morgan fingerprint density at radius 2 is 1.84 bits per heavy atom. The molecule has 32 heavy (non-hydrogen) atoms. The molecule has 3 rings (SSSR count). The molecule has 0 heterocycles. The zero-order chi connectivity index (χ0) is 22.9. The van der Waals surface area contributed by atoms with E-state index in [4.69, 9.17) is 21.1 Å². The average Bonchev–Trinajstić information content (AvgIpc) is 2.78. The Kier molecular flexibility index (Phi) is 7.77. The molecule has 3 aromatic rings. The Morgan fingerprint density at radius 3 is 2.50 bits per heavy atom. The van der Waals surface area contributed by atoms with Crippen molar-refractivity contribution in [3.63, 3.8) is 0 Å². The molecule has 0 fully saturated rings. The van der Waals surface area contributed by atoms with Crippen LogP contribution in [-0.2, 0) is 4.79 Å². The van der Waals surface area contributed by atoms with Gasteiger partial charge in [0.15, 0.2) is 18.1 Å². The highest BCUT2D eigenvalue weighted by Gasteiger charge is 2.14. The van der Waals surface area contributed by atoms with Crippen LogP contribution in [0, 0.1) is 10.1 Å². The molecule has 0 aliphatic rings. The maximum atomic E-state index is 12.2. The number of anilines is 1. The van der Waals surface area contributed by atoms with Crippen LogP contribution in [0.1, 0.15) is 12.5 Å². The molecule has 8 nitrogen and oxygen atoms in total. The lowest BCUT2D eigenvalue weighted by atomic mass is 10.2. The number of non-ortho nitro benzene ring substituents is 1. The Hall–Kier alpha value is -3.91. The number of para-hydroxylation sites is 1. The van der Waals surface area contributed by atoms with Gasteiger partial charge >= 0.3 is 0 Å². The molecule has 3 aromatic carbocycles. The second-order valence-electron chi connectivity index (χ2n) is 6.50. The SMILES string of the molecule is CCOc1cc(C=Nc2ccc([N+](=O)[O-])cc2)cc(Cl)c1OCC(=O)Nc1ccccc1. The molecular weight excluding hydrogens is 434 g/mol. The Morgan fingerprint density at radius 1 is 1.12 bits per heavy atom. The van der Waals surface area contributed by atoms with Crippen LogP contribution in [0.15, 0.2) is 71.7 Å². The van der Waals surface area contributed by atoms with Crippen LogP contribution < -0.4 is 14.8 Å². The number of hydrogen-bond donors (Lipinski definition) is 1. The molecule has 0 radical (unpaired) electrons. The van der Waals surface area contributed by atoms with Crippen molar-refractivity contribution in [2.75, 3.05) is 18.5 Å². The van der Waals surface area contributed by atoms with Crippen LogP contribution in [0.3, 0.4) is 0 Å². The summed E-state index contributed by atoms with van der Waals surface area (Å²) in [5.74, 6) is 0.292. The van der Waals surface area contributed by atoms with Gasteiger partial charge in [0.2, 0.25) is 0 Å². The zero-order valence-corrected chi connectivity index (χ0v) is 17.9. The van der Waals surface area contributed by atoms with E-state index < -0.39 is 4.92 Å². The molecule has 0 atom stereocenters. The van der Waals surface area contributed by atoms with Gasteiger partial charge in [0.05, 0.1) is 22.2 Å². The normalized spacial score (nSPS) is 10.7. The lowest BCUT2D eigenvalue weighted by Crippen LogP contribution is -2.20. The summed E-state index contributed by atoms with van der Waals surface area (Å²) in [6.45, 7) is 1.94. The molecule has 0 aliphatic carbocycles. The van der Waals surface area contributed by atoms with Crippen LogP contribution in [0.5, 0.6) is 11.5 Å². The van der Waals surface area contributed by atoms with Gasteiger partial charge in [-0.3, -0.25) is 19.9 Å². The fraction of sp³-hybridized carbons (Fsp3) is 0.130. The summed E-state index contributed by atoms with van der Waals surface area (Å²) < 4.78 is 11.3. The van der Waals surface area contributed by atoms with Gasteiger partial charge in [0.25, 0.3) is 11.6 Å². The minimum atomic E-state index is -0.472. The van der Waals surface area contributed by atoms with Gasteiger partial charge < -0.3 is 14.8 Å². The maximum absolute atomic E-state index is 12.2. The lowest BCUT2D eigenvalue weighted by Gasteiger charge is -2.14. The first-order valence-electron chi connectivity index (χ1n) is 9.69. The van der Waals surface area contributed by atoms with Crippen molar-refractivity contribution >= 4 is 40.8 Å². The minimum Gasteiger partial charge on any atom is -0.490 e. The summed E-state index contributed by atoms with van der Waals surface area (Å²) >= 11 is 6.38. The Bertz CT molecular complexity index is 1120. The molecule has 0 aromatic heterocycles. The highest BCUT2D eigenvalue weighted by molar-refractivity contribution is 6.32. The van der Waals surface area contributed by atoms with E-state index in [1.165, 1.54) is 12.1 Å². The third-order valence-electron chi connectivity index (χ3n) is 4.16. The number of nitrogens with one attached hydrogen (secondary N) is 1. The van der Waals surface area contributed by atoms with Gasteiger partial charge in [0, 0.05) is 24.0 Å². The molecule has 9 heteroatoms. The number of amides is 1. The smallest absolute Gasteiger partial charge is 0.269 e. The first-order chi connectivity index (χ1) is 15.5. The van der Waals surface area contributed by atoms with Crippen molar-refractivity contribution < 1.29 is 19.2 Å². The monoisotopic (exact) mass is 453 g/mol. The van der Waals surface area contributed by atoms with E-state index in [9.17, 15) is 14.9 Å². The molecular formula is C23H20ClN3O5. The molecule has 0 bridgehead atoms. The van der Waals surface area contributed by atoms with Crippen molar-refractivity contribution in [1.29, 1.82) is 0 Å². The van der Waals surface area contributed by atoms with E-state index in [2.05, 4.69) is 10.3 Å². The maximum Gasteiger partial charge on any atom is 0.269 e. The van der Waals surface area contributed by atoms with Crippen molar-refractivity contribution in [2.45, 2.75) is 6.92 Å². The number of aliphatic imine (C=N–C) groups is 1. The highest BCUT2D eigenvalue weighted by atomic mass is 35.5. The molecule has 0 unspecified atom stereocenters. The second-order valence-corrected chi connectivity index (χ2v) is 6.90. The van der Waals surface area contributed by atoms with E-state index in [0.29, 0.717) is 29.3 Å². The summed E-state index contributed by atoms with van der Waals surface area (Å²) in [6.07, 6.45) is 1.56. The van der Waals surface area contributed by atoms with E-state index >= 15 is 0 Å². The minimum absolute atomic E-state index is 0.0107. The Balaban J connectivity index is 1.72. The molecule has 0 spiro atoms. The average molecular weight is 454 g/mol. The standard InChI is InChI=1S/C23H20ClN3O5/c1-2-31-21-13-16(14-25-17-8-10-19(11-9-17)27(29)30)12-20(24)23(21)32-15-22(28)26-18-6-4-3-5-7-18/h3-14H,2,15H2,1H3,(H,26,28). The molecule has 0 saturated carbocycles. The summed E-state index contributed by atoms with van der Waals surface area (Å²) in [6, 6.07) is 18.2. The van der Waals surface area contributed by atoms with Gasteiger partial charge in [-0.2, -0.15) is 0 Å². The van der Waals surface area contributed by atoms with Crippen LogP contribution in [-0.4, -0.2) is 30.3 Å². The fourth-order valence-electron chi connectivity index (χ4n) is 2.73. The third-order valence-corrected chi connectivity index (χ3v) is 4.44. The van der Waals surface area contributed by atoms with Gasteiger partial charge in [0.1, 0.15) is 0 Å². The highest BCUT2D eigenvalue weighted by Crippen LogP contribution is 2.36. The van der Waals surface area contributed by atoms with E-state index in [1.807, 2.05) is 25.1 Å². The number of carbonyl (C=O) groups is 1. The second kappa shape index (κ2) is 10.9. The van der Waals surface area contributed by atoms with Crippen molar-refractivity contribution in [3.8, 4) is 11.5 Å². The number of nitrogens with zero attached hydrogens (tertiary/aromatic N) is 2. The topological polar surface area (TPSA) is 103 Å². The Labute approximate surface area is 189 Å². The first kappa shape index (κ1) is 22.8. The third kappa shape index (κ3) is 6.29. The molecule has 1 amide bonds. The molecule has 164 valence electrons. The molecule has 0 saturated heterocycles. The van der Waals surface area contributed by atoms with Crippen LogP contribution in [0.4, 0.5) is 17.1 Å². The largest absolute Gasteiger partial charge is 0.490 e. The number of benzene rings is 3. The number of nitro benzene ring substituents is 1. The number of ether oxygens (including phenoxy) is 2. The van der Waals surface area contributed by atoms with Gasteiger partial charge in [-0.1, -0.05) is 29.8 Å². The predicted octanol–water partition coefficient (Wildman–Crippen LogP) is 5.42. The summed E-state index contributed by atoms with van der Waals surface area (Å²) in [4.78, 5) is 26.8. The van der Waals surface area contributed by atoms with E-state index in [0.717, 1.165) is 0 Å². The number of rotatable bonds is 9. The molecule has 0 aliphatic heterocycles. The summed E-state index contributed by atoms with van der Waals surface area (Å²) in [7, 11) is 0.